The van der Waals surface area contributed by atoms with Gasteiger partial charge in [0.25, 0.3) is 0 Å². The van der Waals surface area contributed by atoms with E-state index in [9.17, 15) is 58.8 Å². The van der Waals surface area contributed by atoms with Gasteiger partial charge in [0.05, 0.1) is 21.6 Å². The first-order valence-corrected chi connectivity index (χ1v) is 15.5. The van der Waals surface area contributed by atoms with Crippen LogP contribution in [0.2, 0.25) is 0 Å². The van der Waals surface area contributed by atoms with E-state index in [4.69, 9.17) is 13.1 Å². The fourth-order valence-electron chi connectivity index (χ4n) is 6.23. The Morgan fingerprint density at radius 1 is 0.603 bits per heavy atom. The highest BCUT2D eigenvalue weighted by atomic mass is 32.2. The third kappa shape index (κ3) is 7.08. The average molecular weight is 858 g/mol. The van der Waals surface area contributed by atoms with E-state index in [1.54, 1.807) is 0 Å². The van der Waals surface area contributed by atoms with Crippen molar-refractivity contribution in [1.82, 2.24) is 0 Å². The van der Waals surface area contributed by atoms with Crippen LogP contribution in [0, 0.1) is 89.3 Å². The predicted octanol–water partition coefficient (Wildman–Crippen LogP) is 9.42. The van der Waals surface area contributed by atoms with Gasteiger partial charge >= 0.3 is 24.1 Å². The zero-order valence-electron chi connectivity index (χ0n) is 27.4. The molecule has 0 aromatic heterocycles. The van der Waals surface area contributed by atoms with Gasteiger partial charge in [0, 0.05) is 51.1 Å². The highest BCUT2D eigenvalue weighted by Crippen LogP contribution is 2.48. The number of nitriles is 2. The molecule has 3 aromatic carbocycles. The maximum Gasteiger partial charge on any atom is 0.573 e. The summed E-state index contributed by atoms with van der Waals surface area (Å²) in [7, 11) is 0. The summed E-state index contributed by atoms with van der Waals surface area (Å²) in [6.07, 6.45) is -15.5. The largest absolute Gasteiger partial charge is 0.573 e. The Labute approximate surface area is 314 Å². The van der Waals surface area contributed by atoms with Gasteiger partial charge in [0.2, 0.25) is 0 Å². The number of rotatable bonds is 5. The number of alkyl halides is 9. The molecule has 0 N–H and O–H groups in total. The van der Waals surface area contributed by atoms with E-state index < -0.39 is 178 Å². The second-order valence-electron chi connectivity index (χ2n) is 11.4. The first-order chi connectivity index (χ1) is 26.7. The number of thioether (sulfide) groups is 1. The molecule has 0 spiro atoms. The standard InChI is InChI=1S/C34H7F17N4O2S/c1-8-20(35)22(37)19(23(38)21(8)36)15-13(31(54-2)55-3)5-12-17(15)28(56-32(43,44)45)11-4-10(9(6-52)7-53)14(16(11)29(12)57-33(46,47)48)18-24(39)26(41)30(27(42)25(18)40)58-34(49,50)51/h4-5H2,1H3. The lowest BCUT2D eigenvalue weighted by Gasteiger charge is -2.19. The van der Waals surface area contributed by atoms with Crippen LogP contribution in [0.25, 0.3) is 20.8 Å². The predicted molar refractivity (Wildman–Crippen MR) is 159 cm³/mol. The second kappa shape index (κ2) is 14.5. The van der Waals surface area contributed by atoms with Crippen molar-refractivity contribution in [3.05, 3.63) is 130 Å². The number of benzene rings is 3. The van der Waals surface area contributed by atoms with E-state index in [1.807, 2.05) is 0 Å². The molecule has 0 heterocycles. The summed E-state index contributed by atoms with van der Waals surface area (Å²) in [5.74, 6) is -26.5. The molecule has 6 nitrogen and oxygen atoms in total. The Kier molecular flexibility index (Phi) is 10.7. The van der Waals surface area contributed by atoms with Gasteiger partial charge in [-0.25, -0.2) is 35.1 Å². The first-order valence-electron chi connectivity index (χ1n) is 14.7. The fourth-order valence-corrected chi connectivity index (χ4v) is 6.82. The average Bonchev–Trinajstić information content (AvgIpc) is 3.69. The number of nitrogens with zero attached hydrogens (tertiary/aromatic N) is 4. The van der Waals surface area contributed by atoms with Crippen LogP contribution in [0.5, 0.6) is 11.5 Å². The number of ether oxygens (including phenoxy) is 2. The van der Waals surface area contributed by atoms with Gasteiger partial charge in [0.1, 0.15) is 42.4 Å². The molecule has 2 aliphatic carbocycles. The smallest absolute Gasteiger partial charge is 0.405 e. The Hall–Kier alpha value is -6.40. The fraction of sp³-hybridized carbons (Fsp3) is 0.176. The van der Waals surface area contributed by atoms with Crippen LogP contribution in [0.3, 0.4) is 0 Å². The molecule has 0 unspecified atom stereocenters. The van der Waals surface area contributed by atoms with E-state index in [0.717, 1.165) is 12.1 Å². The van der Waals surface area contributed by atoms with Crippen molar-refractivity contribution < 1.29 is 84.1 Å². The van der Waals surface area contributed by atoms with Crippen LogP contribution in [0.1, 0.15) is 27.8 Å². The molecule has 0 bridgehead atoms. The minimum absolute atomic E-state index is 0.472. The lowest BCUT2D eigenvalue weighted by molar-refractivity contribution is -0.277. The van der Waals surface area contributed by atoms with Crippen molar-refractivity contribution in [2.24, 2.45) is 0 Å². The van der Waals surface area contributed by atoms with Gasteiger partial charge in [-0.15, -0.1) is 26.3 Å². The van der Waals surface area contributed by atoms with Crippen molar-refractivity contribution in [2.45, 2.75) is 42.9 Å². The molecule has 0 atom stereocenters. The molecule has 5 rings (SSSR count). The number of halogens is 17. The maximum absolute atomic E-state index is 15.8. The molecular formula is C34H7F17N4O2S. The monoisotopic (exact) mass is 858 g/mol. The minimum atomic E-state index is -6.12. The zero-order valence-corrected chi connectivity index (χ0v) is 28.2. The Morgan fingerprint density at radius 2 is 0.966 bits per heavy atom. The lowest BCUT2D eigenvalue weighted by atomic mass is 9.94. The summed E-state index contributed by atoms with van der Waals surface area (Å²) in [5.41, 5.74) is -22.2. The molecule has 2 aliphatic rings. The van der Waals surface area contributed by atoms with Gasteiger partial charge in [0.15, 0.2) is 46.5 Å². The van der Waals surface area contributed by atoms with Gasteiger partial charge < -0.3 is 9.47 Å². The van der Waals surface area contributed by atoms with Crippen LogP contribution in [0.15, 0.2) is 27.4 Å². The molecule has 0 aliphatic heterocycles. The SMILES string of the molecule is [C-]#[N+]C([N+]#[C-])=C1Cc2c(OC(F)(F)F)c3c(c(OC(F)(F)F)c2=C1c1c(F)c(F)c(C)c(F)c1F)CC(=C(C#N)C#N)C=3c1c(F)c(F)c(SC(F)(F)F)c(F)c1F. The summed E-state index contributed by atoms with van der Waals surface area (Å²) in [6.45, 7) is 15.2. The highest BCUT2D eigenvalue weighted by molar-refractivity contribution is 8.00. The summed E-state index contributed by atoms with van der Waals surface area (Å²) < 4.78 is 256. The highest BCUT2D eigenvalue weighted by Gasteiger charge is 2.46. The van der Waals surface area contributed by atoms with E-state index in [-0.39, 0.29) is 0 Å². The van der Waals surface area contributed by atoms with E-state index in [1.165, 1.54) is 0 Å². The molecular weight excluding hydrogens is 851 g/mol. The number of hydrogen-bond acceptors (Lipinski definition) is 5. The van der Waals surface area contributed by atoms with Crippen LogP contribution >= 0.6 is 11.8 Å². The van der Waals surface area contributed by atoms with Gasteiger partial charge in [-0.3, -0.25) is 0 Å². The molecule has 300 valence electrons. The van der Waals surface area contributed by atoms with Crippen molar-refractivity contribution in [1.29, 1.82) is 10.5 Å². The number of fused-ring (bicyclic) bond motifs is 2. The Bertz CT molecular complexity index is 2670. The Morgan fingerprint density at radius 3 is 1.31 bits per heavy atom. The molecule has 24 heteroatoms. The van der Waals surface area contributed by atoms with Crippen LogP contribution in [0.4, 0.5) is 74.6 Å². The summed E-state index contributed by atoms with van der Waals surface area (Å²) in [5, 5.41) is 15.8. The van der Waals surface area contributed by atoms with Crippen LogP contribution in [-0.4, -0.2) is 18.2 Å². The molecule has 0 radical (unpaired) electrons. The van der Waals surface area contributed by atoms with Crippen LogP contribution in [-0.2, 0) is 12.8 Å². The van der Waals surface area contributed by atoms with Crippen molar-refractivity contribution in [3.8, 4) is 23.6 Å². The van der Waals surface area contributed by atoms with Crippen LogP contribution < -0.4 is 19.9 Å². The third-order valence-corrected chi connectivity index (χ3v) is 9.08. The quantitative estimate of drug-likeness (QED) is 0.0841. The molecule has 0 saturated heterocycles. The van der Waals surface area contributed by atoms with Gasteiger partial charge in [-0.1, -0.05) is 0 Å². The molecule has 58 heavy (non-hydrogen) atoms. The number of allylic oxidation sites excluding steroid dienone is 3. The van der Waals surface area contributed by atoms with Gasteiger partial charge in [-0.05, 0) is 24.3 Å². The summed E-state index contributed by atoms with van der Waals surface area (Å²) in [4.78, 5) is 2.97. The minimum Gasteiger partial charge on any atom is -0.405 e. The lowest BCUT2D eigenvalue weighted by Crippen LogP contribution is -2.32. The number of hydrogen-bond donors (Lipinski definition) is 0. The van der Waals surface area contributed by atoms with E-state index >= 15 is 26.3 Å². The van der Waals surface area contributed by atoms with Crippen molar-refractivity contribution >= 4 is 22.9 Å². The Balaban J connectivity index is 2.27. The summed E-state index contributed by atoms with van der Waals surface area (Å²) >= 11 is -1.76. The maximum atomic E-state index is 15.8. The summed E-state index contributed by atoms with van der Waals surface area (Å²) in [6, 6.07) is 2.12. The van der Waals surface area contributed by atoms with Crippen molar-refractivity contribution in [3.63, 3.8) is 0 Å². The van der Waals surface area contributed by atoms with Gasteiger partial charge in [-0.2, -0.15) is 33.4 Å². The third-order valence-electron chi connectivity index (χ3n) is 8.28. The molecule has 3 aromatic rings. The zero-order chi connectivity index (χ0) is 43.7. The normalized spacial score (nSPS) is 13.8. The molecule has 0 fully saturated rings. The molecule has 0 saturated carbocycles. The van der Waals surface area contributed by atoms with E-state index in [2.05, 4.69) is 19.2 Å². The van der Waals surface area contributed by atoms with Crippen molar-refractivity contribution in [2.75, 3.05) is 0 Å². The van der Waals surface area contributed by atoms with E-state index in [0.29, 0.717) is 6.92 Å². The topological polar surface area (TPSA) is 74.8 Å². The second-order valence-corrected chi connectivity index (χ2v) is 12.5. The first kappa shape index (κ1) is 42.7. The molecule has 0 amide bonds.